The predicted octanol–water partition coefficient (Wildman–Crippen LogP) is 4.57. The maximum Gasteiger partial charge on any atom is 0.457 e. The maximum absolute atomic E-state index is 6.50. The van der Waals surface area contributed by atoms with Crippen LogP contribution < -0.4 is 0 Å². The molecule has 0 amide bonds. The molecule has 124 valence electrons. The third-order valence-corrected chi connectivity index (χ3v) is 7.15. The number of rotatable bonds is 3. The van der Waals surface area contributed by atoms with Crippen molar-refractivity contribution in [2.75, 3.05) is 0 Å². The van der Waals surface area contributed by atoms with Crippen LogP contribution in [0.3, 0.4) is 0 Å². The van der Waals surface area contributed by atoms with Crippen LogP contribution in [0.5, 0.6) is 0 Å². The Labute approximate surface area is 141 Å². The molecule has 1 aromatic rings. The van der Waals surface area contributed by atoms with Gasteiger partial charge >= 0.3 is 7.12 Å². The fraction of sp³-hybridized carbons (Fsp3) is 0.700. The average Bonchev–Trinajstić information content (AvgIpc) is 2.82. The summed E-state index contributed by atoms with van der Waals surface area (Å²) >= 11 is 0. The molecular weight excluding hydrogens is 283 g/mol. The lowest BCUT2D eigenvalue weighted by Crippen LogP contribution is -2.65. The van der Waals surface area contributed by atoms with Crippen LogP contribution >= 0.6 is 0 Å². The summed E-state index contributed by atoms with van der Waals surface area (Å²) < 4.78 is 12.8. The predicted molar refractivity (Wildman–Crippen MR) is 94.5 cm³/mol. The van der Waals surface area contributed by atoms with E-state index in [0.717, 1.165) is 18.7 Å². The molecule has 0 N–H and O–H groups in total. The Bertz CT molecular complexity index is 626. The lowest BCUT2D eigenvalue weighted by Gasteiger charge is -2.64. The topological polar surface area (TPSA) is 18.5 Å². The van der Waals surface area contributed by atoms with Crippen molar-refractivity contribution in [3.8, 4) is 0 Å². The Hall–Kier alpha value is -0.795. The lowest BCUT2D eigenvalue weighted by atomic mass is 9.43. The second-order valence-electron chi connectivity index (χ2n) is 8.87. The van der Waals surface area contributed by atoms with Gasteiger partial charge in [0.2, 0.25) is 0 Å². The molecule has 4 aliphatic rings. The molecule has 4 atom stereocenters. The Balaban J connectivity index is 1.43. The number of aryl methyl sites for hydroxylation is 3. The van der Waals surface area contributed by atoms with Gasteiger partial charge in [-0.25, -0.2) is 0 Å². The van der Waals surface area contributed by atoms with Gasteiger partial charge in [-0.2, -0.15) is 0 Å². The summed E-state index contributed by atoms with van der Waals surface area (Å²) in [6.45, 7) is 11.5. The molecule has 0 radical (unpaired) electrons. The third kappa shape index (κ3) is 2.31. The van der Waals surface area contributed by atoms with E-state index in [9.17, 15) is 0 Å². The molecule has 1 aliphatic heterocycles. The second-order valence-corrected chi connectivity index (χ2v) is 8.87. The highest BCUT2D eigenvalue weighted by Crippen LogP contribution is 2.65. The lowest BCUT2D eigenvalue weighted by molar-refractivity contribution is -0.199. The third-order valence-electron chi connectivity index (χ3n) is 7.15. The molecule has 1 heterocycles. The van der Waals surface area contributed by atoms with Gasteiger partial charge in [0, 0.05) is 0 Å². The highest BCUT2D eigenvalue weighted by atomic mass is 16.7. The molecule has 1 saturated heterocycles. The molecule has 2 nitrogen and oxygen atoms in total. The van der Waals surface area contributed by atoms with Crippen molar-refractivity contribution < 1.29 is 9.31 Å². The van der Waals surface area contributed by atoms with E-state index in [1.165, 1.54) is 29.5 Å². The average molecular weight is 312 g/mol. The highest BCUT2D eigenvalue weighted by molar-refractivity contribution is 6.45. The first-order valence-corrected chi connectivity index (χ1v) is 9.20. The van der Waals surface area contributed by atoms with E-state index >= 15 is 0 Å². The Morgan fingerprint density at radius 1 is 1.17 bits per heavy atom. The van der Waals surface area contributed by atoms with Crippen LogP contribution in [0.1, 0.15) is 50.3 Å². The van der Waals surface area contributed by atoms with E-state index < -0.39 is 0 Å². The summed E-state index contributed by atoms with van der Waals surface area (Å²) in [7, 11) is -0.0270. The standard InChI is InChI=1S/C20H29BO2/c1-13-6-7-15(14(2)10-13)8-9-21-22-18-12-16-11-17(19(16,3)4)20(18,5)23-21/h6-7,10,16-18H,8-9,11-12H2,1-5H3/t16-,17-,18+,20-/m0/s1. The molecule has 23 heavy (non-hydrogen) atoms. The summed E-state index contributed by atoms with van der Waals surface area (Å²) in [5.74, 6) is 1.48. The first-order chi connectivity index (χ1) is 10.8. The summed E-state index contributed by atoms with van der Waals surface area (Å²) in [4.78, 5) is 0. The van der Waals surface area contributed by atoms with Gasteiger partial charge in [-0.05, 0) is 74.7 Å². The van der Waals surface area contributed by atoms with E-state index in [1.807, 2.05) is 0 Å². The Morgan fingerprint density at radius 2 is 1.96 bits per heavy atom. The SMILES string of the molecule is Cc1ccc(CCB2O[C@@H]3C[C@@H]4C[C@@H](C4(C)C)[C@]3(C)O2)c(C)c1. The van der Waals surface area contributed by atoms with Gasteiger partial charge < -0.3 is 9.31 Å². The van der Waals surface area contributed by atoms with Crippen LogP contribution in [0.4, 0.5) is 0 Å². The molecule has 5 rings (SSSR count). The van der Waals surface area contributed by atoms with Crippen LogP contribution in [0, 0.1) is 31.1 Å². The first-order valence-electron chi connectivity index (χ1n) is 9.20. The van der Waals surface area contributed by atoms with Gasteiger partial charge in [0.15, 0.2) is 0 Å². The number of benzene rings is 1. The largest absolute Gasteiger partial charge is 0.457 e. The Kier molecular flexibility index (Phi) is 3.48. The molecule has 3 aliphatic carbocycles. The van der Waals surface area contributed by atoms with Gasteiger partial charge in [0.1, 0.15) is 0 Å². The zero-order chi connectivity index (χ0) is 16.4. The summed E-state index contributed by atoms with van der Waals surface area (Å²) in [5.41, 5.74) is 4.50. The number of hydrogen-bond donors (Lipinski definition) is 0. The minimum atomic E-state index is -0.0642. The summed E-state index contributed by atoms with van der Waals surface area (Å²) in [5, 5.41) is 0. The van der Waals surface area contributed by atoms with Crippen molar-refractivity contribution in [1.29, 1.82) is 0 Å². The van der Waals surface area contributed by atoms with Crippen molar-refractivity contribution in [3.05, 3.63) is 34.9 Å². The fourth-order valence-corrected chi connectivity index (χ4v) is 5.47. The van der Waals surface area contributed by atoms with Gasteiger partial charge in [-0.3, -0.25) is 0 Å². The van der Waals surface area contributed by atoms with E-state index in [4.69, 9.17) is 9.31 Å². The Morgan fingerprint density at radius 3 is 2.65 bits per heavy atom. The van der Waals surface area contributed by atoms with Gasteiger partial charge in [0.05, 0.1) is 11.7 Å². The van der Waals surface area contributed by atoms with Gasteiger partial charge in [-0.15, -0.1) is 0 Å². The molecule has 3 heteroatoms. The summed E-state index contributed by atoms with van der Waals surface area (Å²) in [6, 6.07) is 6.73. The van der Waals surface area contributed by atoms with E-state index in [2.05, 4.69) is 52.8 Å². The molecule has 0 unspecified atom stereocenters. The van der Waals surface area contributed by atoms with Crippen molar-refractivity contribution in [3.63, 3.8) is 0 Å². The van der Waals surface area contributed by atoms with Crippen LogP contribution in [0.15, 0.2) is 18.2 Å². The minimum absolute atomic E-state index is 0.0270. The van der Waals surface area contributed by atoms with Crippen molar-refractivity contribution >= 4 is 7.12 Å². The van der Waals surface area contributed by atoms with Crippen molar-refractivity contribution in [2.24, 2.45) is 17.3 Å². The zero-order valence-electron chi connectivity index (χ0n) is 15.2. The fourth-order valence-electron chi connectivity index (χ4n) is 5.47. The highest BCUT2D eigenvalue weighted by Gasteiger charge is 2.67. The second kappa shape index (κ2) is 5.10. The van der Waals surface area contributed by atoms with Crippen molar-refractivity contribution in [2.45, 2.75) is 71.9 Å². The normalized spacial score (nSPS) is 37.4. The minimum Gasteiger partial charge on any atom is -0.405 e. The van der Waals surface area contributed by atoms with E-state index in [-0.39, 0.29) is 12.7 Å². The smallest absolute Gasteiger partial charge is 0.405 e. The van der Waals surface area contributed by atoms with E-state index in [1.54, 1.807) is 0 Å². The number of hydrogen-bond acceptors (Lipinski definition) is 2. The van der Waals surface area contributed by atoms with Crippen LogP contribution in [-0.4, -0.2) is 18.8 Å². The quantitative estimate of drug-likeness (QED) is 0.761. The first kappa shape index (κ1) is 15.7. The van der Waals surface area contributed by atoms with Crippen LogP contribution in [0.2, 0.25) is 6.32 Å². The zero-order valence-corrected chi connectivity index (χ0v) is 15.2. The van der Waals surface area contributed by atoms with E-state index in [0.29, 0.717) is 17.4 Å². The molecule has 0 spiro atoms. The molecular formula is C20H29BO2. The molecule has 4 fully saturated rings. The van der Waals surface area contributed by atoms with Gasteiger partial charge in [-0.1, -0.05) is 37.6 Å². The molecule has 1 aromatic carbocycles. The maximum atomic E-state index is 6.50. The van der Waals surface area contributed by atoms with Gasteiger partial charge in [0.25, 0.3) is 0 Å². The summed E-state index contributed by atoms with van der Waals surface area (Å²) in [6.07, 6.45) is 4.82. The van der Waals surface area contributed by atoms with Crippen LogP contribution in [-0.2, 0) is 15.7 Å². The van der Waals surface area contributed by atoms with Crippen molar-refractivity contribution in [1.82, 2.24) is 0 Å². The van der Waals surface area contributed by atoms with Crippen LogP contribution in [0.25, 0.3) is 0 Å². The molecule has 2 bridgehead atoms. The monoisotopic (exact) mass is 312 g/mol. The molecule has 0 aromatic heterocycles. The molecule has 3 saturated carbocycles.